The van der Waals surface area contributed by atoms with E-state index < -0.39 is 5.82 Å². The Hall–Kier alpha value is -2.37. The molecule has 0 radical (unpaired) electrons. The lowest BCUT2D eigenvalue weighted by Gasteiger charge is -2.36. The first-order chi connectivity index (χ1) is 11.7. The predicted molar refractivity (Wildman–Crippen MR) is 88.5 cm³/mol. The number of carbonyl (C=O) groups excluding carboxylic acids is 1. The number of likely N-dealkylation sites (tertiary alicyclic amines) is 1. The summed E-state index contributed by atoms with van der Waals surface area (Å²) in [5.74, 6) is -0.410. The number of aromatic nitrogens is 2. The van der Waals surface area contributed by atoms with Crippen LogP contribution in [0.2, 0.25) is 0 Å². The van der Waals surface area contributed by atoms with Crippen molar-refractivity contribution in [2.24, 2.45) is 0 Å². The van der Waals surface area contributed by atoms with Crippen LogP contribution in [0.1, 0.15) is 36.0 Å². The minimum absolute atomic E-state index is 0.0570. The largest absolute Gasteiger partial charge is 0.494 e. The van der Waals surface area contributed by atoms with Gasteiger partial charge in [0.05, 0.1) is 7.11 Å². The Morgan fingerprint density at radius 2 is 2.29 bits per heavy atom. The quantitative estimate of drug-likeness (QED) is 0.846. The van der Waals surface area contributed by atoms with Gasteiger partial charge in [0.25, 0.3) is 5.91 Å². The van der Waals surface area contributed by atoms with Crippen molar-refractivity contribution in [1.29, 1.82) is 0 Å². The van der Waals surface area contributed by atoms with E-state index >= 15 is 0 Å². The van der Waals surface area contributed by atoms with Gasteiger partial charge in [0.1, 0.15) is 0 Å². The Kier molecular flexibility index (Phi) is 5.13. The van der Waals surface area contributed by atoms with E-state index in [1.54, 1.807) is 6.20 Å². The number of hydrogen-bond donors (Lipinski definition) is 0. The summed E-state index contributed by atoms with van der Waals surface area (Å²) in [6.07, 6.45) is 7.67. The second kappa shape index (κ2) is 7.47. The number of amides is 1. The Morgan fingerprint density at radius 3 is 3.04 bits per heavy atom. The molecule has 1 aliphatic rings. The molecule has 1 saturated heterocycles. The van der Waals surface area contributed by atoms with E-state index in [9.17, 15) is 9.18 Å². The Morgan fingerprint density at radius 1 is 1.42 bits per heavy atom. The number of hydrogen-bond acceptors (Lipinski definition) is 3. The molecule has 5 nitrogen and oxygen atoms in total. The van der Waals surface area contributed by atoms with Gasteiger partial charge in [0.15, 0.2) is 11.6 Å². The molecule has 0 bridgehead atoms. The van der Waals surface area contributed by atoms with Crippen LogP contribution in [0.15, 0.2) is 36.7 Å². The molecule has 0 saturated carbocycles. The van der Waals surface area contributed by atoms with E-state index in [0.29, 0.717) is 5.56 Å². The van der Waals surface area contributed by atoms with Crippen LogP contribution in [-0.2, 0) is 6.54 Å². The number of benzene rings is 1. The zero-order valence-electron chi connectivity index (χ0n) is 13.8. The summed E-state index contributed by atoms with van der Waals surface area (Å²) in [5, 5.41) is 4.22. The van der Waals surface area contributed by atoms with Gasteiger partial charge < -0.3 is 9.64 Å². The van der Waals surface area contributed by atoms with E-state index in [2.05, 4.69) is 5.10 Å². The van der Waals surface area contributed by atoms with Crippen molar-refractivity contribution in [3.05, 3.63) is 48.0 Å². The number of methoxy groups -OCH3 is 1. The lowest BCUT2D eigenvalue weighted by molar-refractivity contribution is 0.0593. The second-order valence-electron chi connectivity index (χ2n) is 6.06. The number of carbonyl (C=O) groups is 1. The van der Waals surface area contributed by atoms with Gasteiger partial charge >= 0.3 is 0 Å². The van der Waals surface area contributed by atoms with Gasteiger partial charge in [-0.25, -0.2) is 4.39 Å². The molecule has 3 rings (SSSR count). The summed E-state index contributed by atoms with van der Waals surface area (Å²) in [4.78, 5) is 14.8. The fourth-order valence-electron chi connectivity index (χ4n) is 3.24. The van der Waals surface area contributed by atoms with E-state index in [-0.39, 0.29) is 17.7 Å². The maximum Gasteiger partial charge on any atom is 0.254 e. The molecule has 1 aliphatic heterocycles. The maximum atomic E-state index is 13.6. The molecule has 1 aromatic carbocycles. The van der Waals surface area contributed by atoms with Gasteiger partial charge in [-0.2, -0.15) is 5.10 Å². The molecule has 2 aromatic rings. The topological polar surface area (TPSA) is 47.4 Å². The van der Waals surface area contributed by atoms with E-state index in [1.165, 1.54) is 25.3 Å². The number of halogens is 1. The molecule has 24 heavy (non-hydrogen) atoms. The van der Waals surface area contributed by atoms with Crippen molar-refractivity contribution in [1.82, 2.24) is 14.7 Å². The molecule has 0 N–H and O–H groups in total. The normalized spacial score (nSPS) is 17.8. The van der Waals surface area contributed by atoms with Gasteiger partial charge in [0, 0.05) is 37.1 Å². The average molecular weight is 331 g/mol. The van der Waals surface area contributed by atoms with Gasteiger partial charge in [-0.3, -0.25) is 9.48 Å². The summed E-state index contributed by atoms with van der Waals surface area (Å²) in [6.45, 7) is 1.52. The average Bonchev–Trinajstić information content (AvgIpc) is 3.13. The number of nitrogens with zero attached hydrogens (tertiary/aromatic N) is 3. The molecule has 0 spiro atoms. The summed E-state index contributed by atoms with van der Waals surface area (Å²) in [6, 6.07) is 6.38. The monoisotopic (exact) mass is 331 g/mol. The first-order valence-corrected chi connectivity index (χ1v) is 8.31. The third-order valence-electron chi connectivity index (χ3n) is 4.54. The SMILES string of the molecule is COc1cc(C(=O)N2CCCC[C@@H]2CCn2cccn2)ccc1F. The smallest absolute Gasteiger partial charge is 0.254 e. The van der Waals surface area contributed by atoms with Crippen molar-refractivity contribution in [2.45, 2.75) is 38.3 Å². The minimum atomic E-state index is -0.456. The maximum absolute atomic E-state index is 13.6. The van der Waals surface area contributed by atoms with Gasteiger partial charge in [-0.1, -0.05) is 0 Å². The van der Waals surface area contributed by atoms with E-state index in [1.807, 2.05) is 21.8 Å². The van der Waals surface area contributed by atoms with Crippen LogP contribution in [0.3, 0.4) is 0 Å². The first-order valence-electron chi connectivity index (χ1n) is 8.31. The Labute approximate surface area is 141 Å². The molecule has 128 valence electrons. The summed E-state index contributed by atoms with van der Waals surface area (Å²) < 4.78 is 20.4. The van der Waals surface area contributed by atoms with Crippen LogP contribution in [0.4, 0.5) is 4.39 Å². The third-order valence-corrected chi connectivity index (χ3v) is 4.54. The third kappa shape index (κ3) is 3.58. The summed E-state index contributed by atoms with van der Waals surface area (Å²) in [5.41, 5.74) is 0.472. The molecule has 1 atom stereocenters. The lowest BCUT2D eigenvalue weighted by atomic mass is 9.98. The number of ether oxygens (including phenoxy) is 1. The van der Waals surface area contributed by atoms with Crippen LogP contribution in [0.25, 0.3) is 0 Å². The van der Waals surface area contributed by atoms with Crippen LogP contribution in [0, 0.1) is 5.82 Å². The number of aryl methyl sites for hydroxylation is 1. The molecular weight excluding hydrogens is 309 g/mol. The molecule has 1 amide bonds. The van der Waals surface area contributed by atoms with Crippen molar-refractivity contribution >= 4 is 5.91 Å². The standard InChI is InChI=1S/C18H22FN3O2/c1-24-17-13-14(6-7-16(17)19)18(23)22-11-3-2-5-15(22)8-12-21-10-4-9-20-21/h4,6-7,9-10,13,15H,2-3,5,8,11-12H2,1H3/t15-/m1/s1. The highest BCUT2D eigenvalue weighted by Gasteiger charge is 2.27. The zero-order valence-corrected chi connectivity index (χ0v) is 13.8. The van der Waals surface area contributed by atoms with Crippen LogP contribution < -0.4 is 4.74 Å². The van der Waals surface area contributed by atoms with Gasteiger partial charge in [-0.15, -0.1) is 0 Å². The van der Waals surface area contributed by atoms with Crippen LogP contribution in [-0.4, -0.2) is 40.3 Å². The van der Waals surface area contributed by atoms with Crippen LogP contribution >= 0.6 is 0 Å². The number of piperidine rings is 1. The molecule has 1 aromatic heterocycles. The highest BCUT2D eigenvalue weighted by atomic mass is 19.1. The molecule has 0 unspecified atom stereocenters. The lowest BCUT2D eigenvalue weighted by Crippen LogP contribution is -2.44. The predicted octanol–water partition coefficient (Wildman–Crippen LogP) is 3.12. The van der Waals surface area contributed by atoms with Crippen molar-refractivity contribution < 1.29 is 13.9 Å². The summed E-state index contributed by atoms with van der Waals surface area (Å²) >= 11 is 0. The van der Waals surface area contributed by atoms with Gasteiger partial charge in [0.2, 0.25) is 0 Å². The minimum Gasteiger partial charge on any atom is -0.494 e. The van der Waals surface area contributed by atoms with Gasteiger partial charge in [-0.05, 0) is 49.9 Å². The molecular formula is C18H22FN3O2. The van der Waals surface area contributed by atoms with Crippen molar-refractivity contribution in [3.63, 3.8) is 0 Å². The van der Waals surface area contributed by atoms with E-state index in [4.69, 9.17) is 4.74 Å². The highest BCUT2D eigenvalue weighted by Crippen LogP contribution is 2.25. The molecule has 1 fully saturated rings. The highest BCUT2D eigenvalue weighted by molar-refractivity contribution is 5.94. The van der Waals surface area contributed by atoms with Crippen LogP contribution in [0.5, 0.6) is 5.75 Å². The molecule has 6 heteroatoms. The van der Waals surface area contributed by atoms with Crippen molar-refractivity contribution in [2.75, 3.05) is 13.7 Å². The molecule has 0 aliphatic carbocycles. The second-order valence-corrected chi connectivity index (χ2v) is 6.06. The Bertz CT molecular complexity index is 688. The summed E-state index contributed by atoms with van der Waals surface area (Å²) in [7, 11) is 1.40. The molecule has 2 heterocycles. The number of rotatable bonds is 5. The fourth-order valence-corrected chi connectivity index (χ4v) is 3.24. The fraction of sp³-hybridized carbons (Fsp3) is 0.444. The van der Waals surface area contributed by atoms with E-state index in [0.717, 1.165) is 38.8 Å². The Balaban J connectivity index is 1.73. The first kappa shape index (κ1) is 16.5. The van der Waals surface area contributed by atoms with Crippen molar-refractivity contribution in [3.8, 4) is 5.75 Å². The zero-order chi connectivity index (χ0) is 16.9.